The summed E-state index contributed by atoms with van der Waals surface area (Å²) in [6.07, 6.45) is 0. The Morgan fingerprint density at radius 1 is 1.04 bits per heavy atom. The third-order valence-corrected chi connectivity index (χ3v) is 4.20. The molecule has 1 N–H and O–H groups in total. The number of furan rings is 1. The van der Waals surface area contributed by atoms with Crippen molar-refractivity contribution in [1.82, 2.24) is 0 Å². The molecule has 6 heteroatoms. The summed E-state index contributed by atoms with van der Waals surface area (Å²) in [5.41, 5.74) is 1.40. The first-order valence-electron chi connectivity index (χ1n) is 7.66. The van der Waals surface area contributed by atoms with Crippen molar-refractivity contribution >= 4 is 34.8 Å². The maximum atomic E-state index is 12.3. The molecule has 4 nitrogen and oxygen atoms in total. The topological polar surface area (TPSA) is 51.5 Å². The SMILES string of the molecule is CCOc1ccc(NC(=O)c2ccc(-c3ccc(Cl)c(Cl)c3)o2)cc1. The average Bonchev–Trinajstić information content (AvgIpc) is 3.09. The lowest BCUT2D eigenvalue weighted by molar-refractivity contribution is 0.0997. The van der Waals surface area contributed by atoms with Crippen molar-refractivity contribution in [3.63, 3.8) is 0 Å². The highest BCUT2D eigenvalue weighted by Gasteiger charge is 2.13. The predicted octanol–water partition coefficient (Wildman–Crippen LogP) is 5.90. The number of benzene rings is 2. The lowest BCUT2D eigenvalue weighted by Crippen LogP contribution is -2.10. The van der Waals surface area contributed by atoms with Crippen LogP contribution in [-0.4, -0.2) is 12.5 Å². The van der Waals surface area contributed by atoms with Crippen molar-refractivity contribution in [3.05, 3.63) is 70.4 Å². The number of anilines is 1. The van der Waals surface area contributed by atoms with E-state index in [1.54, 1.807) is 54.6 Å². The minimum absolute atomic E-state index is 0.204. The van der Waals surface area contributed by atoms with Crippen LogP contribution in [0.15, 0.2) is 59.0 Å². The highest BCUT2D eigenvalue weighted by molar-refractivity contribution is 6.42. The van der Waals surface area contributed by atoms with Crippen molar-refractivity contribution in [2.24, 2.45) is 0 Å². The first-order valence-corrected chi connectivity index (χ1v) is 8.42. The normalized spacial score (nSPS) is 10.5. The van der Waals surface area contributed by atoms with Crippen LogP contribution in [-0.2, 0) is 0 Å². The van der Waals surface area contributed by atoms with Crippen molar-refractivity contribution in [2.45, 2.75) is 6.92 Å². The van der Waals surface area contributed by atoms with Gasteiger partial charge in [-0.1, -0.05) is 23.2 Å². The Kier molecular flexibility index (Phi) is 5.31. The molecule has 128 valence electrons. The van der Waals surface area contributed by atoms with E-state index in [0.29, 0.717) is 28.1 Å². The predicted molar refractivity (Wildman–Crippen MR) is 99.7 cm³/mol. The summed E-state index contributed by atoms with van der Waals surface area (Å²) in [4.78, 5) is 12.3. The Balaban J connectivity index is 1.72. The van der Waals surface area contributed by atoms with Gasteiger partial charge in [0.15, 0.2) is 5.76 Å². The number of hydrogen-bond donors (Lipinski definition) is 1. The molecule has 25 heavy (non-hydrogen) atoms. The van der Waals surface area contributed by atoms with E-state index in [1.165, 1.54) is 0 Å². The van der Waals surface area contributed by atoms with Gasteiger partial charge in [0.2, 0.25) is 0 Å². The van der Waals surface area contributed by atoms with Crippen LogP contribution in [0.3, 0.4) is 0 Å². The standard InChI is InChI=1S/C19H15Cl2NO3/c1-2-24-14-6-4-13(5-7-14)22-19(23)18-10-9-17(25-18)12-3-8-15(20)16(21)11-12/h3-11H,2H2,1H3,(H,22,23). The minimum atomic E-state index is -0.338. The fraction of sp³-hybridized carbons (Fsp3) is 0.105. The van der Waals surface area contributed by atoms with Crippen molar-refractivity contribution in [3.8, 4) is 17.1 Å². The molecular weight excluding hydrogens is 361 g/mol. The molecule has 0 bridgehead atoms. The van der Waals surface area contributed by atoms with Crippen LogP contribution < -0.4 is 10.1 Å². The molecule has 0 atom stereocenters. The van der Waals surface area contributed by atoms with E-state index >= 15 is 0 Å². The van der Waals surface area contributed by atoms with Gasteiger partial charge in [0.1, 0.15) is 11.5 Å². The zero-order valence-electron chi connectivity index (χ0n) is 13.4. The van der Waals surface area contributed by atoms with Gasteiger partial charge in [0, 0.05) is 11.3 Å². The number of carbonyl (C=O) groups excluding carboxylic acids is 1. The van der Waals surface area contributed by atoms with Crippen LogP contribution in [0, 0.1) is 0 Å². The van der Waals surface area contributed by atoms with Crippen molar-refractivity contribution < 1.29 is 13.9 Å². The number of rotatable bonds is 5. The Bertz CT molecular complexity index is 888. The van der Waals surface area contributed by atoms with Gasteiger partial charge in [-0.3, -0.25) is 4.79 Å². The van der Waals surface area contributed by atoms with E-state index < -0.39 is 0 Å². The molecule has 2 aromatic carbocycles. The number of ether oxygens (including phenoxy) is 1. The van der Waals surface area contributed by atoms with Gasteiger partial charge in [0.25, 0.3) is 5.91 Å². The van der Waals surface area contributed by atoms with Gasteiger partial charge in [-0.2, -0.15) is 0 Å². The number of carbonyl (C=O) groups is 1. The Morgan fingerprint density at radius 2 is 1.80 bits per heavy atom. The summed E-state index contributed by atoms with van der Waals surface area (Å²) >= 11 is 11.9. The molecule has 0 saturated carbocycles. The maximum Gasteiger partial charge on any atom is 0.291 e. The molecule has 1 heterocycles. The van der Waals surface area contributed by atoms with E-state index in [1.807, 2.05) is 6.92 Å². The van der Waals surface area contributed by atoms with Crippen LogP contribution in [0.4, 0.5) is 5.69 Å². The second kappa shape index (κ2) is 7.64. The Morgan fingerprint density at radius 3 is 2.48 bits per heavy atom. The molecule has 3 rings (SSSR count). The summed E-state index contributed by atoms with van der Waals surface area (Å²) in [7, 11) is 0. The highest BCUT2D eigenvalue weighted by Crippen LogP contribution is 2.29. The first kappa shape index (κ1) is 17.4. The number of hydrogen-bond acceptors (Lipinski definition) is 3. The second-order valence-electron chi connectivity index (χ2n) is 5.20. The van der Waals surface area contributed by atoms with E-state index in [0.717, 1.165) is 11.3 Å². The molecule has 0 aliphatic rings. The lowest BCUT2D eigenvalue weighted by atomic mass is 10.2. The number of amides is 1. The van der Waals surface area contributed by atoms with E-state index in [4.69, 9.17) is 32.4 Å². The lowest BCUT2D eigenvalue weighted by Gasteiger charge is -2.06. The molecule has 1 amide bonds. The fourth-order valence-electron chi connectivity index (χ4n) is 2.26. The largest absolute Gasteiger partial charge is 0.494 e. The van der Waals surface area contributed by atoms with Crippen LogP contribution >= 0.6 is 23.2 Å². The zero-order chi connectivity index (χ0) is 17.8. The summed E-state index contributed by atoms with van der Waals surface area (Å²) in [5, 5.41) is 3.67. The average molecular weight is 376 g/mol. The molecule has 0 aliphatic carbocycles. The Hall–Kier alpha value is -2.43. The van der Waals surface area contributed by atoms with Gasteiger partial charge < -0.3 is 14.5 Å². The van der Waals surface area contributed by atoms with Gasteiger partial charge in [-0.15, -0.1) is 0 Å². The van der Waals surface area contributed by atoms with Crippen LogP contribution in [0.25, 0.3) is 11.3 Å². The van der Waals surface area contributed by atoms with E-state index in [-0.39, 0.29) is 11.7 Å². The third kappa shape index (κ3) is 4.16. The Labute approximate surface area is 155 Å². The summed E-state index contributed by atoms with van der Waals surface area (Å²) in [6, 6.07) is 15.6. The van der Waals surface area contributed by atoms with Gasteiger partial charge in [0.05, 0.1) is 16.7 Å². The molecule has 3 aromatic rings. The van der Waals surface area contributed by atoms with Gasteiger partial charge in [-0.05, 0) is 61.5 Å². The van der Waals surface area contributed by atoms with E-state index in [9.17, 15) is 4.79 Å². The molecule has 0 spiro atoms. The minimum Gasteiger partial charge on any atom is -0.494 e. The quantitative estimate of drug-likeness (QED) is 0.603. The van der Waals surface area contributed by atoms with Gasteiger partial charge in [-0.25, -0.2) is 0 Å². The number of nitrogens with one attached hydrogen (secondary N) is 1. The first-order chi connectivity index (χ1) is 12.1. The molecule has 0 unspecified atom stereocenters. The molecule has 0 radical (unpaired) electrons. The fourth-order valence-corrected chi connectivity index (χ4v) is 2.56. The van der Waals surface area contributed by atoms with E-state index in [2.05, 4.69) is 5.32 Å². The van der Waals surface area contributed by atoms with Crippen molar-refractivity contribution in [1.29, 1.82) is 0 Å². The van der Waals surface area contributed by atoms with Crippen LogP contribution in [0.2, 0.25) is 10.0 Å². The molecular formula is C19H15Cl2NO3. The third-order valence-electron chi connectivity index (χ3n) is 3.46. The second-order valence-corrected chi connectivity index (χ2v) is 6.02. The molecule has 0 saturated heterocycles. The molecule has 0 aliphatic heterocycles. The highest BCUT2D eigenvalue weighted by atomic mass is 35.5. The van der Waals surface area contributed by atoms with Crippen molar-refractivity contribution in [2.75, 3.05) is 11.9 Å². The smallest absolute Gasteiger partial charge is 0.291 e. The zero-order valence-corrected chi connectivity index (χ0v) is 14.9. The summed E-state index contributed by atoms with van der Waals surface area (Å²) in [5.74, 6) is 1.15. The summed E-state index contributed by atoms with van der Waals surface area (Å²) < 4.78 is 11.0. The maximum absolute atomic E-state index is 12.3. The van der Waals surface area contributed by atoms with Gasteiger partial charge >= 0.3 is 0 Å². The molecule has 0 fully saturated rings. The number of halogens is 2. The summed E-state index contributed by atoms with van der Waals surface area (Å²) in [6.45, 7) is 2.51. The van der Waals surface area contributed by atoms with Crippen LogP contribution in [0.1, 0.15) is 17.5 Å². The van der Waals surface area contributed by atoms with Crippen LogP contribution in [0.5, 0.6) is 5.75 Å². The monoisotopic (exact) mass is 375 g/mol. The molecule has 1 aromatic heterocycles.